The van der Waals surface area contributed by atoms with Gasteiger partial charge in [0.2, 0.25) is 0 Å². The Morgan fingerprint density at radius 1 is 0.615 bits per heavy atom. The first-order valence-corrected chi connectivity index (χ1v) is 10.2. The zero-order chi connectivity index (χ0) is 18.0. The molecule has 26 heavy (non-hydrogen) atoms. The van der Waals surface area contributed by atoms with Gasteiger partial charge in [-0.2, -0.15) is 0 Å². The second-order valence-corrected chi connectivity index (χ2v) is 7.11. The third kappa shape index (κ3) is 4.88. The van der Waals surface area contributed by atoms with Crippen LogP contribution in [0.25, 0.3) is 10.8 Å². The smallest absolute Gasteiger partial charge is 0.0490 e. The number of fused-ring (bicyclic) bond motifs is 1. The van der Waals surface area contributed by atoms with Crippen LogP contribution in [0.1, 0.15) is 51.9 Å². The predicted molar refractivity (Wildman–Crippen MR) is 115 cm³/mol. The first kappa shape index (κ1) is 18.5. The Balaban J connectivity index is 1.74. The second-order valence-electron chi connectivity index (χ2n) is 7.11. The van der Waals surface area contributed by atoms with Gasteiger partial charge in [-0.15, -0.1) is 0 Å². The summed E-state index contributed by atoms with van der Waals surface area (Å²) in [6, 6.07) is 26.2. The molecule has 0 atom stereocenters. The van der Waals surface area contributed by atoms with Crippen molar-refractivity contribution in [3.05, 3.63) is 72.8 Å². The summed E-state index contributed by atoms with van der Waals surface area (Å²) < 4.78 is 0. The summed E-state index contributed by atoms with van der Waals surface area (Å²) in [5, 5.41) is 2.65. The van der Waals surface area contributed by atoms with Crippen LogP contribution in [-0.2, 0) is 0 Å². The lowest BCUT2D eigenvalue weighted by molar-refractivity contribution is 0.591. The SMILES string of the molecule is CCCCCCCCCN(c1ccccc1)c1cccc2ccccc12. The van der Waals surface area contributed by atoms with E-state index in [1.165, 1.54) is 67.1 Å². The molecule has 0 fully saturated rings. The van der Waals surface area contributed by atoms with Crippen LogP contribution >= 0.6 is 0 Å². The topological polar surface area (TPSA) is 3.24 Å². The number of hydrogen-bond acceptors (Lipinski definition) is 1. The van der Waals surface area contributed by atoms with Crippen LogP contribution in [0, 0.1) is 0 Å². The van der Waals surface area contributed by atoms with Crippen LogP contribution in [0.3, 0.4) is 0 Å². The molecule has 1 nitrogen and oxygen atoms in total. The summed E-state index contributed by atoms with van der Waals surface area (Å²) in [7, 11) is 0. The lowest BCUT2D eigenvalue weighted by Crippen LogP contribution is -2.18. The van der Waals surface area contributed by atoms with Crippen molar-refractivity contribution in [1.82, 2.24) is 0 Å². The van der Waals surface area contributed by atoms with E-state index in [1.807, 2.05) is 0 Å². The Labute approximate surface area is 158 Å². The minimum Gasteiger partial charge on any atom is -0.341 e. The van der Waals surface area contributed by atoms with Gasteiger partial charge in [-0.1, -0.05) is 100 Å². The molecule has 1 heteroatoms. The maximum atomic E-state index is 2.49. The molecule has 0 saturated carbocycles. The first-order valence-electron chi connectivity index (χ1n) is 10.2. The molecule has 0 heterocycles. The summed E-state index contributed by atoms with van der Waals surface area (Å²) in [6.45, 7) is 3.35. The fraction of sp³-hybridized carbons (Fsp3) is 0.360. The molecular formula is C25H31N. The van der Waals surface area contributed by atoms with Crippen molar-refractivity contribution >= 4 is 22.1 Å². The van der Waals surface area contributed by atoms with Crippen molar-refractivity contribution in [2.24, 2.45) is 0 Å². The lowest BCUT2D eigenvalue weighted by atomic mass is 10.1. The van der Waals surface area contributed by atoms with Crippen LogP contribution in [0.4, 0.5) is 11.4 Å². The molecule has 0 unspecified atom stereocenters. The predicted octanol–water partition coefficient (Wildman–Crippen LogP) is 7.73. The Morgan fingerprint density at radius 3 is 2.08 bits per heavy atom. The van der Waals surface area contributed by atoms with Gasteiger partial charge in [0.05, 0.1) is 0 Å². The minimum absolute atomic E-state index is 1.08. The van der Waals surface area contributed by atoms with Crippen molar-refractivity contribution in [1.29, 1.82) is 0 Å². The molecule has 0 aliphatic rings. The van der Waals surface area contributed by atoms with Crippen molar-refractivity contribution in [2.75, 3.05) is 11.4 Å². The van der Waals surface area contributed by atoms with Gasteiger partial charge in [-0.3, -0.25) is 0 Å². The third-order valence-electron chi connectivity index (χ3n) is 5.11. The van der Waals surface area contributed by atoms with Crippen LogP contribution in [0.5, 0.6) is 0 Å². The first-order chi connectivity index (χ1) is 12.9. The van der Waals surface area contributed by atoms with Gasteiger partial charge in [0.1, 0.15) is 0 Å². The molecule has 0 saturated heterocycles. The number of rotatable bonds is 10. The minimum atomic E-state index is 1.08. The normalized spacial score (nSPS) is 11.0. The maximum Gasteiger partial charge on any atom is 0.0490 e. The van der Waals surface area contributed by atoms with E-state index in [9.17, 15) is 0 Å². The van der Waals surface area contributed by atoms with E-state index in [0.29, 0.717) is 0 Å². The summed E-state index contributed by atoms with van der Waals surface area (Å²) >= 11 is 0. The number of hydrogen-bond donors (Lipinski definition) is 0. The molecule has 0 aliphatic carbocycles. The Hall–Kier alpha value is -2.28. The van der Waals surface area contributed by atoms with E-state index in [0.717, 1.165) is 6.54 Å². The van der Waals surface area contributed by atoms with E-state index in [-0.39, 0.29) is 0 Å². The highest BCUT2D eigenvalue weighted by molar-refractivity contribution is 5.96. The van der Waals surface area contributed by atoms with Gasteiger partial charge < -0.3 is 4.90 Å². The number of para-hydroxylation sites is 1. The number of unbranched alkanes of at least 4 members (excludes halogenated alkanes) is 6. The molecule has 0 radical (unpaired) electrons. The monoisotopic (exact) mass is 345 g/mol. The van der Waals surface area contributed by atoms with Gasteiger partial charge in [-0.25, -0.2) is 0 Å². The standard InChI is InChI=1S/C25H31N/c1-2-3-4-5-6-7-13-21-26(23-17-9-8-10-18-23)25-20-14-16-22-15-11-12-19-24(22)25/h8-12,14-20H,2-7,13,21H2,1H3. The van der Waals surface area contributed by atoms with Gasteiger partial charge in [0.25, 0.3) is 0 Å². The molecule has 0 N–H and O–H groups in total. The molecule has 0 aromatic heterocycles. The maximum absolute atomic E-state index is 2.49. The molecule has 3 aromatic rings. The highest BCUT2D eigenvalue weighted by Crippen LogP contribution is 2.32. The lowest BCUT2D eigenvalue weighted by Gasteiger charge is -2.26. The Bertz CT molecular complexity index is 773. The van der Waals surface area contributed by atoms with E-state index in [4.69, 9.17) is 0 Å². The average Bonchev–Trinajstić information content (AvgIpc) is 2.71. The molecule has 0 aliphatic heterocycles. The van der Waals surface area contributed by atoms with Gasteiger partial charge in [0, 0.05) is 23.3 Å². The van der Waals surface area contributed by atoms with Crippen LogP contribution in [0.2, 0.25) is 0 Å². The molecule has 3 aromatic carbocycles. The molecule has 0 bridgehead atoms. The zero-order valence-corrected chi connectivity index (χ0v) is 16.0. The summed E-state index contributed by atoms with van der Waals surface area (Å²) in [6.07, 6.45) is 9.39. The molecule has 0 amide bonds. The molecule has 136 valence electrons. The molecular weight excluding hydrogens is 314 g/mol. The number of nitrogens with zero attached hydrogens (tertiary/aromatic N) is 1. The van der Waals surface area contributed by atoms with E-state index >= 15 is 0 Å². The van der Waals surface area contributed by atoms with Gasteiger partial charge in [0.15, 0.2) is 0 Å². The van der Waals surface area contributed by atoms with Gasteiger partial charge >= 0.3 is 0 Å². The summed E-state index contributed by atoms with van der Waals surface area (Å²) in [4.78, 5) is 2.49. The van der Waals surface area contributed by atoms with Crippen molar-refractivity contribution in [3.8, 4) is 0 Å². The fourth-order valence-corrected chi connectivity index (χ4v) is 3.67. The van der Waals surface area contributed by atoms with Crippen molar-refractivity contribution in [3.63, 3.8) is 0 Å². The highest BCUT2D eigenvalue weighted by atomic mass is 15.1. The number of benzene rings is 3. The van der Waals surface area contributed by atoms with Crippen molar-refractivity contribution in [2.45, 2.75) is 51.9 Å². The zero-order valence-electron chi connectivity index (χ0n) is 16.0. The summed E-state index contributed by atoms with van der Waals surface area (Å²) in [5.41, 5.74) is 2.61. The highest BCUT2D eigenvalue weighted by Gasteiger charge is 2.11. The Kier molecular flexibility index (Phi) is 7.13. The van der Waals surface area contributed by atoms with E-state index in [2.05, 4.69) is 84.6 Å². The summed E-state index contributed by atoms with van der Waals surface area (Å²) in [5.74, 6) is 0. The average molecular weight is 346 g/mol. The molecule has 0 spiro atoms. The van der Waals surface area contributed by atoms with Crippen LogP contribution in [-0.4, -0.2) is 6.54 Å². The second kappa shape index (κ2) is 10.0. The third-order valence-corrected chi connectivity index (χ3v) is 5.11. The largest absolute Gasteiger partial charge is 0.341 e. The van der Waals surface area contributed by atoms with Crippen molar-refractivity contribution < 1.29 is 0 Å². The van der Waals surface area contributed by atoms with E-state index < -0.39 is 0 Å². The van der Waals surface area contributed by atoms with Gasteiger partial charge in [-0.05, 0) is 30.0 Å². The molecule has 3 rings (SSSR count). The quantitative estimate of drug-likeness (QED) is 0.340. The Morgan fingerprint density at radius 2 is 1.27 bits per heavy atom. The van der Waals surface area contributed by atoms with Crippen LogP contribution in [0.15, 0.2) is 72.8 Å². The number of anilines is 2. The fourth-order valence-electron chi connectivity index (χ4n) is 3.67. The van der Waals surface area contributed by atoms with Crippen LogP contribution < -0.4 is 4.90 Å². The van der Waals surface area contributed by atoms with E-state index in [1.54, 1.807) is 0 Å².